The average molecular weight is 497 g/mol. The van der Waals surface area contributed by atoms with Crippen LogP contribution in [0.2, 0.25) is 10.0 Å². The predicted octanol–water partition coefficient (Wildman–Crippen LogP) is 4.27. The Morgan fingerprint density at radius 1 is 1.16 bits per heavy atom. The molecule has 32 heavy (non-hydrogen) atoms. The number of carboxylic acid groups (broad SMARTS) is 1. The molecular weight excluding hydrogens is 475 g/mol. The summed E-state index contributed by atoms with van der Waals surface area (Å²) in [5.74, 6) is -1.98. The van der Waals surface area contributed by atoms with Gasteiger partial charge in [-0.1, -0.05) is 41.4 Å². The summed E-state index contributed by atoms with van der Waals surface area (Å²) in [6.45, 7) is 5.10. The second-order valence-electron chi connectivity index (χ2n) is 8.48. The number of halogens is 2. The number of nitrogens with one attached hydrogen (secondary N) is 1. The molecule has 0 amide bonds. The molecule has 10 heteroatoms. The molecule has 0 aliphatic rings. The molecule has 0 saturated carbocycles. The summed E-state index contributed by atoms with van der Waals surface area (Å²) < 4.78 is 29.0. The second kappa shape index (κ2) is 8.86. The van der Waals surface area contributed by atoms with Crippen molar-refractivity contribution in [2.24, 2.45) is 0 Å². The summed E-state index contributed by atoms with van der Waals surface area (Å²) in [6.07, 6.45) is 1.42. The molecule has 0 fully saturated rings. The fourth-order valence-corrected chi connectivity index (χ4v) is 5.36. The van der Waals surface area contributed by atoms with Gasteiger partial charge in [-0.3, -0.25) is 4.79 Å². The summed E-state index contributed by atoms with van der Waals surface area (Å²) in [4.78, 5) is 24.5. The number of pyridine rings is 1. The molecule has 0 atom stereocenters. The summed E-state index contributed by atoms with van der Waals surface area (Å²) >= 11 is 12.3. The summed E-state index contributed by atoms with van der Waals surface area (Å²) in [6, 6.07) is 10.1. The number of fused-ring (bicyclic) bond motifs is 1. The zero-order chi connectivity index (χ0) is 23.8. The lowest BCUT2D eigenvalue weighted by Gasteiger charge is -2.21. The molecule has 0 spiro atoms. The van der Waals surface area contributed by atoms with E-state index in [1.54, 1.807) is 57.2 Å². The molecule has 0 bridgehead atoms. The first-order chi connectivity index (χ1) is 14.8. The first-order valence-corrected chi connectivity index (χ1v) is 12.0. The molecule has 0 radical (unpaired) electrons. The maximum atomic E-state index is 12.8. The lowest BCUT2D eigenvalue weighted by Crippen LogP contribution is -2.42. The fraction of sp³-hybridized carbons (Fsp3) is 0.273. The SMILES string of the molecule is CC(C)(C)NS(=O)(=O)Cn1cc(C(=O)O)c(=O)c2cc(Cc3cccc(Cl)c3Cl)ccc21. The number of hydrogen-bond donors (Lipinski definition) is 2. The van der Waals surface area contributed by atoms with Crippen LogP contribution in [0.4, 0.5) is 0 Å². The van der Waals surface area contributed by atoms with Crippen LogP contribution in [0.1, 0.15) is 42.3 Å². The van der Waals surface area contributed by atoms with E-state index in [0.29, 0.717) is 27.5 Å². The van der Waals surface area contributed by atoms with Gasteiger partial charge in [0.25, 0.3) is 0 Å². The van der Waals surface area contributed by atoms with E-state index in [-0.39, 0.29) is 5.39 Å². The third-order valence-corrected chi connectivity index (χ3v) is 6.97. The van der Waals surface area contributed by atoms with Crippen molar-refractivity contribution in [3.8, 4) is 0 Å². The molecule has 0 aliphatic heterocycles. The molecule has 1 heterocycles. The van der Waals surface area contributed by atoms with E-state index in [2.05, 4.69) is 4.72 Å². The Morgan fingerprint density at radius 3 is 2.47 bits per heavy atom. The monoisotopic (exact) mass is 496 g/mol. The number of carboxylic acids is 1. The molecule has 0 aliphatic carbocycles. The van der Waals surface area contributed by atoms with Gasteiger partial charge >= 0.3 is 5.97 Å². The normalized spacial score (nSPS) is 12.3. The average Bonchev–Trinajstić information content (AvgIpc) is 2.65. The molecule has 0 unspecified atom stereocenters. The van der Waals surface area contributed by atoms with Crippen LogP contribution < -0.4 is 10.2 Å². The summed E-state index contributed by atoms with van der Waals surface area (Å²) in [5.41, 5.74) is -0.175. The maximum Gasteiger partial charge on any atom is 0.341 e. The smallest absolute Gasteiger partial charge is 0.341 e. The van der Waals surface area contributed by atoms with E-state index in [1.165, 1.54) is 4.57 Å². The van der Waals surface area contributed by atoms with Gasteiger partial charge in [0.05, 0.1) is 15.6 Å². The minimum absolute atomic E-state index is 0.103. The van der Waals surface area contributed by atoms with E-state index in [9.17, 15) is 23.1 Å². The van der Waals surface area contributed by atoms with Crippen molar-refractivity contribution >= 4 is 50.1 Å². The highest BCUT2D eigenvalue weighted by Crippen LogP contribution is 2.28. The lowest BCUT2D eigenvalue weighted by atomic mass is 10.0. The van der Waals surface area contributed by atoms with Crippen molar-refractivity contribution < 1.29 is 18.3 Å². The van der Waals surface area contributed by atoms with Crippen LogP contribution in [0.25, 0.3) is 10.9 Å². The highest BCUT2D eigenvalue weighted by molar-refractivity contribution is 7.88. The van der Waals surface area contributed by atoms with Gasteiger partial charge in [-0.2, -0.15) is 0 Å². The number of benzene rings is 2. The first kappa shape index (κ1) is 24.3. The van der Waals surface area contributed by atoms with E-state index < -0.39 is 38.4 Å². The van der Waals surface area contributed by atoms with Crippen LogP contribution in [0.3, 0.4) is 0 Å². The van der Waals surface area contributed by atoms with Crippen molar-refractivity contribution in [3.05, 3.63) is 79.6 Å². The Kier molecular flexibility index (Phi) is 6.72. The van der Waals surface area contributed by atoms with Crippen molar-refractivity contribution in [3.63, 3.8) is 0 Å². The molecule has 3 aromatic rings. The molecule has 2 N–H and O–H groups in total. The van der Waals surface area contributed by atoms with Gasteiger partial charge < -0.3 is 9.67 Å². The van der Waals surface area contributed by atoms with Crippen molar-refractivity contribution in [1.29, 1.82) is 0 Å². The zero-order valence-electron chi connectivity index (χ0n) is 17.6. The van der Waals surface area contributed by atoms with E-state index in [0.717, 1.165) is 11.8 Å². The van der Waals surface area contributed by atoms with Crippen LogP contribution in [0.15, 0.2) is 47.4 Å². The number of sulfonamides is 1. The van der Waals surface area contributed by atoms with Crippen LogP contribution in [-0.2, 0) is 22.3 Å². The second-order valence-corrected chi connectivity index (χ2v) is 11.0. The molecule has 2 aromatic carbocycles. The predicted molar refractivity (Wildman–Crippen MR) is 126 cm³/mol. The number of rotatable bonds is 6. The number of aromatic nitrogens is 1. The largest absolute Gasteiger partial charge is 0.477 e. The Balaban J connectivity index is 2.14. The van der Waals surface area contributed by atoms with Gasteiger partial charge in [-0.05, 0) is 56.5 Å². The van der Waals surface area contributed by atoms with Crippen LogP contribution in [-0.4, -0.2) is 29.6 Å². The first-order valence-electron chi connectivity index (χ1n) is 9.61. The molecule has 170 valence electrons. The van der Waals surface area contributed by atoms with Crippen LogP contribution in [0.5, 0.6) is 0 Å². The maximum absolute atomic E-state index is 12.8. The Hall–Kier alpha value is -2.39. The quantitative estimate of drug-likeness (QED) is 0.529. The third-order valence-electron chi connectivity index (χ3n) is 4.57. The topological polar surface area (TPSA) is 105 Å². The summed E-state index contributed by atoms with van der Waals surface area (Å²) in [7, 11) is -3.82. The van der Waals surface area contributed by atoms with Gasteiger partial charge in [-0.15, -0.1) is 0 Å². The van der Waals surface area contributed by atoms with Gasteiger partial charge in [0.2, 0.25) is 15.5 Å². The number of nitrogens with zero attached hydrogens (tertiary/aromatic N) is 1. The summed E-state index contributed by atoms with van der Waals surface area (Å²) in [5, 5.41) is 10.4. The molecular formula is C22H22Cl2N2O5S. The van der Waals surface area contributed by atoms with Crippen molar-refractivity contribution in [2.75, 3.05) is 0 Å². The lowest BCUT2D eigenvalue weighted by molar-refractivity contribution is 0.0695. The van der Waals surface area contributed by atoms with Crippen molar-refractivity contribution in [1.82, 2.24) is 9.29 Å². The number of carbonyl (C=O) groups is 1. The minimum Gasteiger partial charge on any atom is -0.477 e. The van der Waals surface area contributed by atoms with E-state index in [1.807, 2.05) is 0 Å². The van der Waals surface area contributed by atoms with Gasteiger partial charge in [0, 0.05) is 17.1 Å². The Labute approximate surface area is 195 Å². The fourth-order valence-electron chi connectivity index (χ4n) is 3.40. The molecule has 3 rings (SSSR count). The number of aromatic carboxylic acids is 1. The van der Waals surface area contributed by atoms with E-state index in [4.69, 9.17) is 23.2 Å². The van der Waals surface area contributed by atoms with Gasteiger partial charge in [0.15, 0.2) is 0 Å². The van der Waals surface area contributed by atoms with Crippen molar-refractivity contribution in [2.45, 2.75) is 38.6 Å². The molecule has 7 nitrogen and oxygen atoms in total. The number of hydrogen-bond acceptors (Lipinski definition) is 4. The van der Waals surface area contributed by atoms with Crippen LogP contribution in [0, 0.1) is 0 Å². The molecule has 0 saturated heterocycles. The highest BCUT2D eigenvalue weighted by atomic mass is 35.5. The van der Waals surface area contributed by atoms with E-state index >= 15 is 0 Å². The van der Waals surface area contributed by atoms with Gasteiger partial charge in [-0.25, -0.2) is 17.9 Å². The standard InChI is InChI=1S/C22H22Cl2N2O5S/c1-22(2,3)25-32(30,31)12-26-11-16(21(28)29)20(27)15-10-13(7-8-18(15)26)9-14-5-4-6-17(23)19(14)24/h4-8,10-11,25H,9,12H2,1-3H3,(H,28,29). The van der Waals surface area contributed by atoms with Gasteiger partial charge in [0.1, 0.15) is 11.4 Å². The van der Waals surface area contributed by atoms with Crippen LogP contribution >= 0.6 is 23.2 Å². The third kappa shape index (κ3) is 5.50. The minimum atomic E-state index is -3.82. The Morgan fingerprint density at radius 2 is 1.84 bits per heavy atom. The Bertz CT molecular complexity index is 1380. The highest BCUT2D eigenvalue weighted by Gasteiger charge is 2.23. The zero-order valence-corrected chi connectivity index (χ0v) is 20.0. The molecule has 1 aromatic heterocycles.